The number of carbonyl (C=O) groups is 1. The van der Waals surface area contributed by atoms with Gasteiger partial charge >= 0.3 is 6.18 Å². The molecule has 0 aliphatic heterocycles. The largest absolute Gasteiger partial charge is 0.455 e. The molecule has 0 aliphatic carbocycles. The van der Waals surface area contributed by atoms with Gasteiger partial charge in [-0.05, 0) is 42.5 Å². The van der Waals surface area contributed by atoms with E-state index in [0.29, 0.717) is 21.7 Å². The van der Waals surface area contributed by atoms with Gasteiger partial charge in [-0.25, -0.2) is 13.8 Å². The second-order valence-electron chi connectivity index (χ2n) is 7.12. The van der Waals surface area contributed by atoms with E-state index < -0.39 is 39.1 Å². The minimum atomic E-state index is -4.69. The molecule has 1 aromatic heterocycles. The topological polar surface area (TPSA) is 135 Å². The van der Waals surface area contributed by atoms with Gasteiger partial charge in [-0.2, -0.15) is 18.3 Å². The highest BCUT2D eigenvalue weighted by atomic mass is 32.2. The molecule has 1 N–H and O–H groups in total. The van der Waals surface area contributed by atoms with Crippen molar-refractivity contribution in [2.24, 2.45) is 5.10 Å². The molecule has 1 heterocycles. The summed E-state index contributed by atoms with van der Waals surface area (Å²) in [5.41, 5.74) is 1.16. The highest BCUT2D eigenvalue weighted by Crippen LogP contribution is 2.32. The Balaban J connectivity index is 1.67. The lowest BCUT2D eigenvalue weighted by Crippen LogP contribution is -2.39. The second kappa shape index (κ2) is 9.97. The molecule has 14 heteroatoms. The number of anilines is 1. The van der Waals surface area contributed by atoms with Crippen molar-refractivity contribution in [1.29, 1.82) is 0 Å². The number of benzene rings is 2. The van der Waals surface area contributed by atoms with Gasteiger partial charge in [-0.3, -0.25) is 19.2 Å². The third-order valence-corrected chi connectivity index (χ3v) is 5.66. The van der Waals surface area contributed by atoms with Crippen molar-refractivity contribution >= 4 is 33.5 Å². The first kappa shape index (κ1) is 25.4. The first-order chi connectivity index (χ1) is 16.3. The Morgan fingerprint density at radius 3 is 2.46 bits per heavy atom. The van der Waals surface area contributed by atoms with Crippen LogP contribution in [0.3, 0.4) is 0 Å². The van der Waals surface area contributed by atoms with Gasteiger partial charge in [0.15, 0.2) is 0 Å². The van der Waals surface area contributed by atoms with Crippen LogP contribution in [0, 0.1) is 10.1 Å². The fourth-order valence-corrected chi connectivity index (χ4v) is 3.74. The van der Waals surface area contributed by atoms with Gasteiger partial charge in [0, 0.05) is 17.7 Å². The zero-order valence-corrected chi connectivity index (χ0v) is 18.7. The van der Waals surface area contributed by atoms with Gasteiger partial charge < -0.3 is 4.42 Å². The Hall–Kier alpha value is -4.20. The zero-order chi connectivity index (χ0) is 25.8. The summed E-state index contributed by atoms with van der Waals surface area (Å²) < 4.78 is 69.2. The fourth-order valence-electron chi connectivity index (χ4n) is 2.90. The molecule has 3 rings (SSSR count). The molecule has 10 nitrogen and oxygen atoms in total. The molecule has 35 heavy (non-hydrogen) atoms. The van der Waals surface area contributed by atoms with Crippen molar-refractivity contribution < 1.29 is 35.7 Å². The standard InChI is InChI=1S/C21H17F3N4O6S/c1-35(32,33)27(17-4-2-3-15(11-17)21(22,23)24)13-20(29)26-25-12-18-9-10-19(34-18)14-5-7-16(8-6-14)28(30)31/h2-12H,13H2,1H3,(H,26,29)/b25-12+. The quantitative estimate of drug-likeness (QED) is 0.278. The maximum Gasteiger partial charge on any atom is 0.416 e. The van der Waals surface area contributed by atoms with Gasteiger partial charge in [-0.1, -0.05) is 6.07 Å². The smallest absolute Gasteiger partial charge is 0.416 e. The number of sulfonamides is 1. The molecular formula is C21H17F3N4O6S. The number of carbonyl (C=O) groups excluding carboxylic acids is 1. The van der Waals surface area contributed by atoms with Crippen LogP contribution in [-0.4, -0.2) is 38.3 Å². The molecular weight excluding hydrogens is 493 g/mol. The monoisotopic (exact) mass is 510 g/mol. The molecule has 0 unspecified atom stereocenters. The molecule has 0 aliphatic rings. The number of amides is 1. The number of hydrazone groups is 1. The molecule has 2 aromatic carbocycles. The lowest BCUT2D eigenvalue weighted by atomic mass is 10.1. The van der Waals surface area contributed by atoms with E-state index in [0.717, 1.165) is 30.7 Å². The number of nitro groups is 1. The van der Waals surface area contributed by atoms with Crippen molar-refractivity contribution in [3.63, 3.8) is 0 Å². The van der Waals surface area contributed by atoms with Crippen molar-refractivity contribution in [2.45, 2.75) is 6.18 Å². The fraction of sp³-hybridized carbons (Fsp3) is 0.143. The normalized spacial score (nSPS) is 12.0. The van der Waals surface area contributed by atoms with Crippen molar-refractivity contribution in [1.82, 2.24) is 5.43 Å². The molecule has 0 fully saturated rings. The minimum Gasteiger partial charge on any atom is -0.455 e. The van der Waals surface area contributed by atoms with E-state index in [1.165, 1.54) is 30.3 Å². The van der Waals surface area contributed by atoms with Crippen molar-refractivity contribution in [2.75, 3.05) is 17.1 Å². The molecule has 0 radical (unpaired) electrons. The molecule has 0 atom stereocenters. The van der Waals surface area contributed by atoms with Crippen LogP contribution in [0.25, 0.3) is 11.3 Å². The maximum absolute atomic E-state index is 13.0. The van der Waals surface area contributed by atoms with Crippen LogP contribution in [0.15, 0.2) is 70.2 Å². The average molecular weight is 510 g/mol. The predicted molar refractivity (Wildman–Crippen MR) is 120 cm³/mol. The highest BCUT2D eigenvalue weighted by Gasteiger charge is 2.32. The zero-order valence-electron chi connectivity index (χ0n) is 17.9. The predicted octanol–water partition coefficient (Wildman–Crippen LogP) is 3.79. The number of nitrogens with zero attached hydrogens (tertiary/aromatic N) is 3. The first-order valence-corrected chi connectivity index (χ1v) is 11.5. The first-order valence-electron chi connectivity index (χ1n) is 9.66. The summed E-state index contributed by atoms with van der Waals surface area (Å²) in [6.07, 6.45) is -2.81. The van der Waals surface area contributed by atoms with E-state index in [1.807, 2.05) is 0 Å². The molecule has 0 bridgehead atoms. The van der Waals surface area contributed by atoms with Gasteiger partial charge in [0.25, 0.3) is 11.6 Å². The van der Waals surface area contributed by atoms with Crippen LogP contribution in [0.4, 0.5) is 24.5 Å². The third-order valence-electron chi connectivity index (χ3n) is 4.52. The van der Waals surface area contributed by atoms with Crippen molar-refractivity contribution in [3.8, 4) is 11.3 Å². The number of halogens is 3. The Labute approximate surface area is 196 Å². The molecule has 0 spiro atoms. The number of hydrogen-bond acceptors (Lipinski definition) is 7. The lowest BCUT2D eigenvalue weighted by Gasteiger charge is -2.22. The van der Waals surface area contributed by atoms with E-state index in [9.17, 15) is 36.5 Å². The molecule has 0 saturated heterocycles. The summed E-state index contributed by atoms with van der Waals surface area (Å²) in [6, 6.07) is 12.3. The summed E-state index contributed by atoms with van der Waals surface area (Å²) in [5, 5.41) is 14.4. The van der Waals surface area contributed by atoms with E-state index in [-0.39, 0.29) is 17.1 Å². The van der Waals surface area contributed by atoms with Crippen LogP contribution in [0.1, 0.15) is 11.3 Å². The highest BCUT2D eigenvalue weighted by molar-refractivity contribution is 7.92. The number of hydrogen-bond donors (Lipinski definition) is 1. The van der Waals surface area contributed by atoms with Gasteiger partial charge in [0.1, 0.15) is 18.1 Å². The number of furan rings is 1. The van der Waals surface area contributed by atoms with Crippen LogP contribution < -0.4 is 9.73 Å². The summed E-state index contributed by atoms with van der Waals surface area (Å²) >= 11 is 0. The van der Waals surface area contributed by atoms with Gasteiger partial charge in [0.05, 0.1) is 28.6 Å². The third kappa shape index (κ3) is 6.66. The molecule has 1 amide bonds. The van der Waals surface area contributed by atoms with E-state index >= 15 is 0 Å². The van der Waals surface area contributed by atoms with Crippen molar-refractivity contribution in [3.05, 3.63) is 82.1 Å². The minimum absolute atomic E-state index is 0.0851. The summed E-state index contributed by atoms with van der Waals surface area (Å²) in [4.78, 5) is 22.4. The summed E-state index contributed by atoms with van der Waals surface area (Å²) in [5.74, 6) is -0.330. The Bertz CT molecular complexity index is 1370. The van der Waals surface area contributed by atoms with E-state index in [2.05, 4.69) is 10.5 Å². The maximum atomic E-state index is 13.0. The Morgan fingerprint density at radius 1 is 1.17 bits per heavy atom. The number of alkyl halides is 3. The van der Waals surface area contributed by atoms with Crippen LogP contribution in [0.5, 0.6) is 0 Å². The Morgan fingerprint density at radius 2 is 1.86 bits per heavy atom. The second-order valence-corrected chi connectivity index (χ2v) is 9.02. The van der Waals surface area contributed by atoms with Crippen LogP contribution >= 0.6 is 0 Å². The van der Waals surface area contributed by atoms with E-state index in [1.54, 1.807) is 6.07 Å². The number of rotatable bonds is 8. The average Bonchev–Trinajstić information content (AvgIpc) is 3.25. The number of nitrogens with one attached hydrogen (secondary N) is 1. The van der Waals surface area contributed by atoms with Crippen LogP contribution in [0.2, 0.25) is 0 Å². The number of non-ortho nitro benzene ring substituents is 1. The molecule has 0 saturated carbocycles. The van der Waals surface area contributed by atoms with Gasteiger partial charge in [-0.15, -0.1) is 0 Å². The summed E-state index contributed by atoms with van der Waals surface area (Å²) in [6.45, 7) is -0.816. The van der Waals surface area contributed by atoms with E-state index in [4.69, 9.17) is 4.42 Å². The number of nitro benzene ring substituents is 1. The SMILES string of the molecule is CS(=O)(=O)N(CC(=O)N/N=C/c1ccc(-c2ccc([N+](=O)[O-])cc2)o1)c1cccc(C(F)(F)F)c1. The van der Waals surface area contributed by atoms with Gasteiger partial charge in [0.2, 0.25) is 10.0 Å². The van der Waals surface area contributed by atoms with Crippen LogP contribution in [-0.2, 0) is 21.0 Å². The summed E-state index contributed by atoms with van der Waals surface area (Å²) in [7, 11) is -4.10. The molecule has 184 valence electrons. The molecule has 3 aromatic rings. The Kier molecular flexibility index (Phi) is 7.24. The lowest BCUT2D eigenvalue weighted by molar-refractivity contribution is -0.384.